The monoisotopic (exact) mass is 477 g/mol. The van der Waals surface area contributed by atoms with E-state index in [9.17, 15) is 14.7 Å². The van der Waals surface area contributed by atoms with Crippen molar-refractivity contribution >= 4 is 17.4 Å². The zero-order chi connectivity index (χ0) is 25.2. The molecule has 0 radical (unpaired) electrons. The summed E-state index contributed by atoms with van der Waals surface area (Å²) >= 11 is 0. The van der Waals surface area contributed by atoms with Crippen molar-refractivity contribution in [3.05, 3.63) is 77.9 Å². The summed E-state index contributed by atoms with van der Waals surface area (Å²) in [5.74, 6) is -0.167. The van der Waals surface area contributed by atoms with Gasteiger partial charge in [-0.3, -0.25) is 9.59 Å². The van der Waals surface area contributed by atoms with Gasteiger partial charge in [-0.2, -0.15) is 0 Å². The van der Waals surface area contributed by atoms with E-state index < -0.39 is 17.7 Å². The summed E-state index contributed by atoms with van der Waals surface area (Å²) in [6, 6.07) is 13.5. The summed E-state index contributed by atoms with van der Waals surface area (Å²) in [5.41, 5.74) is 1.26. The molecule has 3 rings (SSSR count). The van der Waals surface area contributed by atoms with Gasteiger partial charge in [-0.05, 0) is 54.8 Å². The molecule has 0 bridgehead atoms. The molecule has 6 nitrogen and oxygen atoms in total. The number of rotatable bonds is 13. The number of carbonyl (C=O) groups excluding carboxylic acids is 2. The van der Waals surface area contributed by atoms with Crippen LogP contribution in [0.2, 0.25) is 0 Å². The van der Waals surface area contributed by atoms with E-state index in [-0.39, 0.29) is 11.3 Å². The Labute approximate surface area is 207 Å². The van der Waals surface area contributed by atoms with Crippen LogP contribution in [-0.4, -0.2) is 41.5 Å². The number of aliphatic hydroxyl groups excluding tert-OH is 1. The Morgan fingerprint density at radius 2 is 1.74 bits per heavy atom. The Bertz CT molecular complexity index is 1060. The summed E-state index contributed by atoms with van der Waals surface area (Å²) in [6.07, 6.45) is 6.48. The zero-order valence-corrected chi connectivity index (χ0v) is 20.7. The summed E-state index contributed by atoms with van der Waals surface area (Å²) in [6.45, 7) is 9.23. The number of nitrogens with zero attached hydrogens (tertiary/aromatic N) is 1. The lowest BCUT2D eigenvalue weighted by molar-refractivity contribution is -0.139. The summed E-state index contributed by atoms with van der Waals surface area (Å²) < 4.78 is 11.4. The molecule has 1 atom stereocenters. The average molecular weight is 478 g/mol. The molecule has 0 saturated carbocycles. The van der Waals surface area contributed by atoms with E-state index >= 15 is 0 Å². The summed E-state index contributed by atoms with van der Waals surface area (Å²) in [5, 5.41) is 11.2. The molecule has 35 heavy (non-hydrogen) atoms. The number of ether oxygens (including phenoxy) is 2. The van der Waals surface area contributed by atoms with Crippen LogP contribution < -0.4 is 9.47 Å². The summed E-state index contributed by atoms with van der Waals surface area (Å²) in [7, 11) is 0. The summed E-state index contributed by atoms with van der Waals surface area (Å²) in [4.78, 5) is 27.7. The van der Waals surface area contributed by atoms with E-state index in [2.05, 4.69) is 13.5 Å². The number of aliphatic hydroxyl groups is 1. The minimum Gasteiger partial charge on any atom is -0.507 e. The third-order valence-electron chi connectivity index (χ3n) is 5.98. The van der Waals surface area contributed by atoms with E-state index in [1.165, 1.54) is 0 Å². The van der Waals surface area contributed by atoms with E-state index in [1.807, 2.05) is 25.1 Å². The molecule has 1 amide bonds. The highest BCUT2D eigenvalue weighted by Gasteiger charge is 2.45. The molecule has 1 unspecified atom stereocenters. The lowest BCUT2D eigenvalue weighted by atomic mass is 9.95. The Morgan fingerprint density at radius 3 is 2.43 bits per heavy atom. The molecule has 1 aliphatic rings. The standard InChI is InChI=1S/C29H35NO5/c1-4-7-9-19-35-23-15-13-21(14-16-23)27(31)25-26(30(17-8-5-2)29(33)28(25)32)22-11-10-12-24(20-22)34-18-6-3/h6,10-16,20,26,31H,3-5,7-9,17-19H2,1-2H3/b27-25-. The third-order valence-corrected chi connectivity index (χ3v) is 5.98. The fraction of sp³-hybridized carbons (Fsp3) is 0.379. The first-order chi connectivity index (χ1) is 17.0. The lowest BCUT2D eigenvalue weighted by Crippen LogP contribution is -2.30. The van der Waals surface area contributed by atoms with Crippen molar-refractivity contribution in [1.82, 2.24) is 4.90 Å². The van der Waals surface area contributed by atoms with E-state index in [1.54, 1.807) is 41.3 Å². The van der Waals surface area contributed by atoms with Crippen LogP contribution in [0.25, 0.3) is 5.76 Å². The van der Waals surface area contributed by atoms with E-state index in [4.69, 9.17) is 9.47 Å². The molecular weight excluding hydrogens is 442 g/mol. The van der Waals surface area contributed by atoms with Crippen molar-refractivity contribution in [3.63, 3.8) is 0 Å². The van der Waals surface area contributed by atoms with Crippen LogP contribution in [0, 0.1) is 0 Å². The number of ketones is 1. The van der Waals surface area contributed by atoms with Gasteiger partial charge in [0.1, 0.15) is 23.9 Å². The van der Waals surface area contributed by atoms with Gasteiger partial charge in [0.15, 0.2) is 0 Å². The highest BCUT2D eigenvalue weighted by molar-refractivity contribution is 6.46. The lowest BCUT2D eigenvalue weighted by Gasteiger charge is -2.25. The minimum atomic E-state index is -0.696. The van der Waals surface area contributed by atoms with Crippen LogP contribution in [0.1, 0.15) is 63.1 Å². The topological polar surface area (TPSA) is 76.1 Å². The predicted octanol–water partition coefficient (Wildman–Crippen LogP) is 6.04. The molecule has 0 aliphatic carbocycles. The van der Waals surface area contributed by atoms with Gasteiger partial charge in [0.2, 0.25) is 0 Å². The highest BCUT2D eigenvalue weighted by Crippen LogP contribution is 2.40. The van der Waals surface area contributed by atoms with Crippen molar-refractivity contribution in [3.8, 4) is 11.5 Å². The van der Waals surface area contributed by atoms with Crippen LogP contribution in [0.5, 0.6) is 11.5 Å². The second kappa shape index (κ2) is 12.8. The quantitative estimate of drug-likeness (QED) is 0.125. The fourth-order valence-electron chi connectivity index (χ4n) is 4.12. The Hall–Kier alpha value is -3.54. The minimum absolute atomic E-state index is 0.0867. The van der Waals surface area contributed by atoms with Gasteiger partial charge < -0.3 is 19.5 Å². The molecular formula is C29H35NO5. The number of Topliss-reactive ketones (excluding diaryl/α,β-unsaturated/α-hetero) is 1. The number of benzene rings is 2. The first kappa shape index (κ1) is 26.1. The van der Waals surface area contributed by atoms with Crippen molar-refractivity contribution in [2.45, 2.75) is 52.0 Å². The van der Waals surface area contributed by atoms with Gasteiger partial charge in [0.05, 0.1) is 18.2 Å². The number of hydrogen-bond donors (Lipinski definition) is 1. The van der Waals surface area contributed by atoms with Crippen molar-refractivity contribution in [1.29, 1.82) is 0 Å². The van der Waals surface area contributed by atoms with E-state index in [0.29, 0.717) is 42.4 Å². The van der Waals surface area contributed by atoms with Crippen molar-refractivity contribution < 1.29 is 24.2 Å². The van der Waals surface area contributed by atoms with Gasteiger partial charge in [0, 0.05) is 12.1 Å². The Morgan fingerprint density at radius 1 is 1.00 bits per heavy atom. The molecule has 2 aromatic carbocycles. The second-order valence-corrected chi connectivity index (χ2v) is 8.60. The maximum absolute atomic E-state index is 13.1. The molecule has 1 aliphatic heterocycles. The third kappa shape index (κ3) is 6.32. The van der Waals surface area contributed by atoms with Crippen LogP contribution >= 0.6 is 0 Å². The van der Waals surface area contributed by atoms with E-state index in [0.717, 1.165) is 32.1 Å². The number of likely N-dealkylation sites (tertiary alicyclic amines) is 1. The zero-order valence-electron chi connectivity index (χ0n) is 20.7. The normalized spacial score (nSPS) is 17.0. The van der Waals surface area contributed by atoms with Crippen LogP contribution in [0.15, 0.2) is 66.8 Å². The molecule has 1 heterocycles. The second-order valence-electron chi connectivity index (χ2n) is 8.60. The highest BCUT2D eigenvalue weighted by atomic mass is 16.5. The van der Waals surface area contributed by atoms with Gasteiger partial charge in [0.25, 0.3) is 11.7 Å². The Kier molecular flexibility index (Phi) is 9.53. The molecule has 1 fully saturated rings. The van der Waals surface area contributed by atoms with Gasteiger partial charge >= 0.3 is 0 Å². The molecule has 186 valence electrons. The molecule has 2 aromatic rings. The number of amides is 1. The number of carbonyl (C=O) groups is 2. The number of unbranched alkanes of at least 4 members (excludes halogenated alkanes) is 3. The predicted molar refractivity (Wildman–Crippen MR) is 138 cm³/mol. The molecule has 0 spiro atoms. The van der Waals surface area contributed by atoms with Gasteiger partial charge in [-0.1, -0.05) is 57.9 Å². The SMILES string of the molecule is C=CCOc1cccc(C2/C(=C(/O)c3ccc(OCCCCC)cc3)C(=O)C(=O)N2CCCC)c1. The first-order valence-corrected chi connectivity index (χ1v) is 12.4. The van der Waals surface area contributed by atoms with Crippen LogP contribution in [0.3, 0.4) is 0 Å². The van der Waals surface area contributed by atoms with Crippen LogP contribution in [0.4, 0.5) is 0 Å². The van der Waals surface area contributed by atoms with Gasteiger partial charge in [-0.15, -0.1) is 0 Å². The van der Waals surface area contributed by atoms with Crippen molar-refractivity contribution in [2.24, 2.45) is 0 Å². The molecule has 1 N–H and O–H groups in total. The van der Waals surface area contributed by atoms with Crippen LogP contribution in [-0.2, 0) is 9.59 Å². The maximum atomic E-state index is 13.1. The number of hydrogen-bond acceptors (Lipinski definition) is 5. The smallest absolute Gasteiger partial charge is 0.295 e. The first-order valence-electron chi connectivity index (χ1n) is 12.4. The largest absolute Gasteiger partial charge is 0.507 e. The van der Waals surface area contributed by atoms with Gasteiger partial charge in [-0.25, -0.2) is 0 Å². The Balaban J connectivity index is 1.97. The maximum Gasteiger partial charge on any atom is 0.295 e. The molecule has 0 aromatic heterocycles. The molecule has 6 heteroatoms. The fourth-order valence-corrected chi connectivity index (χ4v) is 4.12. The average Bonchev–Trinajstić information content (AvgIpc) is 3.13. The molecule has 1 saturated heterocycles. The van der Waals surface area contributed by atoms with Crippen molar-refractivity contribution in [2.75, 3.05) is 19.8 Å².